The Labute approximate surface area is 203 Å². The van der Waals surface area contributed by atoms with Gasteiger partial charge in [0.1, 0.15) is 0 Å². The first-order valence-electron chi connectivity index (χ1n) is 10.5. The molecular weight excluding hydrogens is 528 g/mol. The third-order valence-electron chi connectivity index (χ3n) is 4.88. The smallest absolute Gasteiger partial charge is 0.191 e. The predicted octanol–water partition coefficient (Wildman–Crippen LogP) is 4.66. The summed E-state index contributed by atoms with van der Waals surface area (Å²) < 4.78 is 32.3. The second-order valence-electron chi connectivity index (χ2n) is 7.43. The first-order valence-corrected chi connectivity index (χ1v) is 11.8. The van der Waals surface area contributed by atoms with Gasteiger partial charge in [-0.05, 0) is 62.4 Å². The van der Waals surface area contributed by atoms with Gasteiger partial charge in [0.25, 0.3) is 0 Å². The molecule has 2 atom stereocenters. The van der Waals surface area contributed by atoms with Gasteiger partial charge in [0, 0.05) is 17.2 Å². The van der Waals surface area contributed by atoms with Crippen LogP contribution in [-0.2, 0) is 10.8 Å². The number of nitrogens with one attached hydrogen (secondary N) is 2. The van der Waals surface area contributed by atoms with Crippen LogP contribution in [0.15, 0.2) is 58.4 Å². The van der Waals surface area contributed by atoms with Crippen LogP contribution < -0.4 is 15.4 Å². The normalized spacial score (nSPS) is 15.5. The molecule has 1 fully saturated rings. The lowest BCUT2D eigenvalue weighted by Gasteiger charge is -2.19. The lowest BCUT2D eigenvalue weighted by atomic mass is 10.1. The van der Waals surface area contributed by atoms with Crippen molar-refractivity contribution >= 4 is 40.7 Å². The number of halogens is 2. The highest BCUT2D eigenvalue weighted by molar-refractivity contribution is 14.0. The predicted molar refractivity (Wildman–Crippen MR) is 135 cm³/mol. The van der Waals surface area contributed by atoms with Crippen LogP contribution in [0.1, 0.15) is 38.3 Å². The van der Waals surface area contributed by atoms with Gasteiger partial charge < -0.3 is 15.4 Å². The van der Waals surface area contributed by atoms with E-state index in [4.69, 9.17) is 4.74 Å². The van der Waals surface area contributed by atoms with Crippen molar-refractivity contribution in [2.24, 2.45) is 10.9 Å². The highest BCUT2D eigenvalue weighted by Crippen LogP contribution is 2.30. The number of aliphatic imine (C=N–C) groups is 1. The minimum atomic E-state index is -1.09. The van der Waals surface area contributed by atoms with Crippen molar-refractivity contribution in [2.75, 3.05) is 25.4 Å². The lowest BCUT2D eigenvalue weighted by Crippen LogP contribution is -2.39. The Hall–Kier alpha value is -1.68. The first-order chi connectivity index (χ1) is 14.6. The molecule has 0 aromatic heterocycles. The molecule has 2 aromatic carbocycles. The first kappa shape index (κ1) is 25.6. The van der Waals surface area contributed by atoms with Crippen LogP contribution >= 0.6 is 24.0 Å². The molecule has 2 N–H and O–H groups in total. The van der Waals surface area contributed by atoms with Gasteiger partial charge in [-0.1, -0.05) is 24.3 Å². The molecular formula is C23H31FIN3O2S. The molecule has 0 radical (unpaired) electrons. The van der Waals surface area contributed by atoms with Gasteiger partial charge in [-0.25, -0.2) is 4.39 Å². The minimum absolute atomic E-state index is 0. The van der Waals surface area contributed by atoms with Crippen LogP contribution in [0.2, 0.25) is 0 Å². The van der Waals surface area contributed by atoms with Crippen molar-refractivity contribution in [1.82, 2.24) is 10.6 Å². The van der Waals surface area contributed by atoms with Crippen LogP contribution in [0.25, 0.3) is 0 Å². The maximum atomic E-state index is 14.4. The fourth-order valence-electron chi connectivity index (χ4n) is 2.93. The number of hydrogen-bond donors (Lipinski definition) is 2. The van der Waals surface area contributed by atoms with E-state index in [1.165, 1.54) is 18.9 Å². The molecule has 0 saturated heterocycles. The summed E-state index contributed by atoms with van der Waals surface area (Å²) in [6, 6.07) is 14.3. The Morgan fingerprint density at radius 1 is 1.26 bits per heavy atom. The van der Waals surface area contributed by atoms with Crippen molar-refractivity contribution in [3.63, 3.8) is 0 Å². The van der Waals surface area contributed by atoms with Crippen molar-refractivity contribution in [2.45, 2.75) is 37.6 Å². The van der Waals surface area contributed by atoms with Gasteiger partial charge in [0.15, 0.2) is 17.5 Å². The van der Waals surface area contributed by atoms with E-state index < -0.39 is 10.8 Å². The summed E-state index contributed by atoms with van der Waals surface area (Å²) in [5.41, 5.74) is 0.810. The molecule has 3 rings (SSSR count). The Morgan fingerprint density at radius 2 is 2.00 bits per heavy atom. The molecule has 1 aliphatic rings. The van der Waals surface area contributed by atoms with E-state index in [0.717, 1.165) is 10.5 Å². The van der Waals surface area contributed by atoms with E-state index in [9.17, 15) is 8.60 Å². The maximum absolute atomic E-state index is 14.4. The van der Waals surface area contributed by atoms with Gasteiger partial charge in [0.2, 0.25) is 0 Å². The molecule has 2 aromatic rings. The highest BCUT2D eigenvalue weighted by atomic mass is 127. The molecule has 1 saturated carbocycles. The van der Waals surface area contributed by atoms with Gasteiger partial charge in [0.05, 0.1) is 30.0 Å². The molecule has 31 heavy (non-hydrogen) atoms. The Morgan fingerprint density at radius 3 is 2.65 bits per heavy atom. The van der Waals surface area contributed by atoms with Crippen LogP contribution in [0.3, 0.4) is 0 Å². The Kier molecular flexibility index (Phi) is 10.7. The summed E-state index contributed by atoms with van der Waals surface area (Å²) in [5, 5.41) is 6.47. The molecule has 1 aliphatic carbocycles. The lowest BCUT2D eigenvalue weighted by molar-refractivity contribution is 0.285. The van der Waals surface area contributed by atoms with E-state index in [-0.39, 0.29) is 35.8 Å². The SMILES string of the molecule is CCNC(=NCCS(=O)c1ccccc1)NC(C)c1ccc(OCC2CC2)c(F)c1.I. The number of ether oxygens (including phenoxy) is 1. The quantitative estimate of drug-likeness (QED) is 0.253. The molecule has 0 aliphatic heterocycles. The van der Waals surface area contributed by atoms with E-state index in [1.54, 1.807) is 6.07 Å². The number of benzene rings is 2. The van der Waals surface area contributed by atoms with Gasteiger partial charge in [-0.3, -0.25) is 9.20 Å². The van der Waals surface area contributed by atoms with Crippen LogP contribution in [0.5, 0.6) is 5.75 Å². The topological polar surface area (TPSA) is 62.7 Å². The number of rotatable bonds is 10. The molecule has 170 valence electrons. The highest BCUT2D eigenvalue weighted by Gasteiger charge is 2.22. The second-order valence-corrected chi connectivity index (χ2v) is 9.00. The fraction of sp³-hybridized carbons (Fsp3) is 0.435. The number of hydrogen-bond acceptors (Lipinski definition) is 3. The second kappa shape index (κ2) is 13.0. The molecule has 8 heteroatoms. The van der Waals surface area contributed by atoms with Crippen LogP contribution in [0, 0.1) is 11.7 Å². The molecule has 0 spiro atoms. The third kappa shape index (κ3) is 8.40. The largest absolute Gasteiger partial charge is 0.490 e. The minimum Gasteiger partial charge on any atom is -0.490 e. The van der Waals surface area contributed by atoms with Crippen molar-refractivity contribution < 1.29 is 13.3 Å². The zero-order valence-electron chi connectivity index (χ0n) is 18.0. The maximum Gasteiger partial charge on any atom is 0.191 e. The van der Waals surface area contributed by atoms with Gasteiger partial charge in [-0.15, -0.1) is 24.0 Å². The van der Waals surface area contributed by atoms with E-state index in [0.29, 0.717) is 43.1 Å². The van der Waals surface area contributed by atoms with Crippen molar-refractivity contribution in [3.05, 3.63) is 59.9 Å². The van der Waals surface area contributed by atoms with Crippen molar-refractivity contribution in [1.29, 1.82) is 0 Å². The third-order valence-corrected chi connectivity index (χ3v) is 6.23. The van der Waals surface area contributed by atoms with Crippen molar-refractivity contribution in [3.8, 4) is 5.75 Å². The average Bonchev–Trinajstić information content (AvgIpc) is 3.58. The summed E-state index contributed by atoms with van der Waals surface area (Å²) in [4.78, 5) is 5.33. The molecule has 0 heterocycles. The molecule has 0 amide bonds. The zero-order valence-corrected chi connectivity index (χ0v) is 21.1. The van der Waals surface area contributed by atoms with E-state index in [1.807, 2.05) is 50.2 Å². The monoisotopic (exact) mass is 559 g/mol. The summed E-state index contributed by atoms with van der Waals surface area (Å²) in [7, 11) is -1.09. The average molecular weight is 559 g/mol. The standard InChI is InChI=1S/C23H30FN3O2S.HI/c1-3-25-23(26-13-14-30(28)20-7-5-4-6-8-20)27-17(2)19-11-12-22(21(24)15-19)29-16-18-9-10-18;/h4-8,11-12,15,17-18H,3,9-10,13-14,16H2,1-2H3,(H2,25,26,27);1H. The summed E-state index contributed by atoms with van der Waals surface area (Å²) in [5.74, 6) is 1.60. The molecule has 2 unspecified atom stereocenters. The Balaban J connectivity index is 0.00000341. The summed E-state index contributed by atoms with van der Waals surface area (Å²) in [6.07, 6.45) is 2.35. The number of nitrogens with zero attached hydrogens (tertiary/aromatic N) is 1. The van der Waals surface area contributed by atoms with Crippen LogP contribution in [-0.4, -0.2) is 35.6 Å². The van der Waals surface area contributed by atoms with Crippen LogP contribution in [0.4, 0.5) is 4.39 Å². The van der Waals surface area contributed by atoms with E-state index >= 15 is 0 Å². The fourth-order valence-corrected chi connectivity index (χ4v) is 3.89. The Bertz CT molecular complexity index is 878. The zero-order chi connectivity index (χ0) is 21.3. The molecule has 5 nitrogen and oxygen atoms in total. The summed E-state index contributed by atoms with van der Waals surface area (Å²) in [6.45, 7) is 5.64. The molecule has 0 bridgehead atoms. The number of guanidine groups is 1. The van der Waals surface area contributed by atoms with Gasteiger partial charge >= 0.3 is 0 Å². The van der Waals surface area contributed by atoms with Gasteiger partial charge in [-0.2, -0.15) is 0 Å². The van der Waals surface area contributed by atoms with E-state index in [2.05, 4.69) is 15.6 Å². The summed E-state index contributed by atoms with van der Waals surface area (Å²) >= 11 is 0.